The molecule has 2 rings (SSSR count). The Kier molecular flexibility index (Phi) is 14.3. The van der Waals surface area contributed by atoms with E-state index in [-0.39, 0.29) is 0 Å². The van der Waals surface area contributed by atoms with Crippen LogP contribution in [-0.4, -0.2) is 13.1 Å². The molecule has 0 saturated heterocycles. The van der Waals surface area contributed by atoms with Gasteiger partial charge in [0.25, 0.3) is 0 Å². The first-order valence-electron chi connectivity index (χ1n) is 13.8. The summed E-state index contributed by atoms with van der Waals surface area (Å²) in [4.78, 5) is 2.61. The van der Waals surface area contributed by atoms with Crippen molar-refractivity contribution in [2.75, 3.05) is 18.0 Å². The van der Waals surface area contributed by atoms with E-state index >= 15 is 0 Å². The second kappa shape index (κ2) is 17.4. The molecular formula is C31H49N2+. The molecule has 1 heterocycles. The summed E-state index contributed by atoms with van der Waals surface area (Å²) in [6, 6.07) is 13.6. The van der Waals surface area contributed by atoms with Crippen LogP contribution < -0.4 is 9.47 Å². The molecule has 0 bridgehead atoms. The van der Waals surface area contributed by atoms with Crippen LogP contribution in [-0.2, 0) is 6.54 Å². The van der Waals surface area contributed by atoms with Crippen molar-refractivity contribution in [2.45, 2.75) is 104 Å². The first-order valence-corrected chi connectivity index (χ1v) is 13.8. The van der Waals surface area contributed by atoms with Gasteiger partial charge in [-0.2, -0.15) is 0 Å². The zero-order valence-corrected chi connectivity index (χ0v) is 21.8. The predicted octanol–water partition coefficient (Wildman–Crippen LogP) is 8.69. The summed E-state index contributed by atoms with van der Waals surface area (Å²) in [6.45, 7) is 10.3. The molecule has 0 amide bonds. The van der Waals surface area contributed by atoms with Crippen LogP contribution in [0.2, 0.25) is 0 Å². The average molecular weight is 450 g/mol. The molecule has 182 valence electrons. The van der Waals surface area contributed by atoms with Crippen LogP contribution in [0.3, 0.4) is 0 Å². The van der Waals surface area contributed by atoms with Gasteiger partial charge >= 0.3 is 0 Å². The van der Waals surface area contributed by atoms with Gasteiger partial charge in [-0.05, 0) is 42.5 Å². The summed E-state index contributed by atoms with van der Waals surface area (Å²) in [5.41, 5.74) is 3.91. The molecule has 0 aliphatic rings. The van der Waals surface area contributed by atoms with E-state index < -0.39 is 0 Å². The number of hydrogen-bond donors (Lipinski definition) is 0. The maximum absolute atomic E-state index is 2.61. The summed E-state index contributed by atoms with van der Waals surface area (Å²) >= 11 is 0. The van der Waals surface area contributed by atoms with E-state index in [0.29, 0.717) is 0 Å². The van der Waals surface area contributed by atoms with Crippen molar-refractivity contribution in [1.29, 1.82) is 0 Å². The fourth-order valence-electron chi connectivity index (χ4n) is 4.27. The topological polar surface area (TPSA) is 7.12 Å². The predicted molar refractivity (Wildman–Crippen MR) is 147 cm³/mol. The lowest BCUT2D eigenvalue weighted by Crippen LogP contribution is -2.32. The zero-order valence-electron chi connectivity index (χ0n) is 21.8. The Morgan fingerprint density at radius 2 is 1.06 bits per heavy atom. The van der Waals surface area contributed by atoms with Crippen LogP contribution in [0.15, 0.2) is 48.8 Å². The maximum Gasteiger partial charge on any atom is 0.169 e. The maximum atomic E-state index is 2.61. The lowest BCUT2D eigenvalue weighted by Gasteiger charge is -2.25. The van der Waals surface area contributed by atoms with Crippen molar-refractivity contribution >= 4 is 17.8 Å². The third-order valence-corrected chi connectivity index (χ3v) is 6.48. The van der Waals surface area contributed by atoms with Crippen LogP contribution in [0.4, 0.5) is 5.69 Å². The van der Waals surface area contributed by atoms with Gasteiger partial charge in [0.05, 0.1) is 0 Å². The highest BCUT2D eigenvalue weighted by Crippen LogP contribution is 2.19. The van der Waals surface area contributed by atoms with Crippen molar-refractivity contribution in [3.63, 3.8) is 0 Å². The monoisotopic (exact) mass is 449 g/mol. The quantitative estimate of drug-likeness (QED) is 0.163. The number of anilines is 1. The largest absolute Gasteiger partial charge is 0.372 e. The minimum absolute atomic E-state index is 1.12. The second-order valence-electron chi connectivity index (χ2n) is 9.46. The van der Waals surface area contributed by atoms with Crippen LogP contribution in [0, 0.1) is 0 Å². The summed E-state index contributed by atoms with van der Waals surface area (Å²) in [6.07, 6.45) is 24.7. The smallest absolute Gasteiger partial charge is 0.169 e. The molecule has 0 N–H and O–H groups in total. The van der Waals surface area contributed by atoms with Gasteiger partial charge in [-0.1, -0.05) is 96.4 Å². The Bertz CT molecular complexity index is 733. The van der Waals surface area contributed by atoms with E-state index in [4.69, 9.17) is 0 Å². The fraction of sp³-hybridized carbons (Fsp3) is 0.581. The van der Waals surface area contributed by atoms with Crippen LogP contribution in [0.25, 0.3) is 12.2 Å². The van der Waals surface area contributed by atoms with E-state index in [1.807, 2.05) is 0 Å². The van der Waals surface area contributed by atoms with Gasteiger partial charge in [0.1, 0.15) is 6.54 Å². The Morgan fingerprint density at radius 1 is 0.576 bits per heavy atom. The number of rotatable bonds is 18. The Labute approximate surface area is 204 Å². The first kappa shape index (κ1) is 27.2. The molecule has 0 fully saturated rings. The fourth-order valence-corrected chi connectivity index (χ4v) is 4.27. The first-order chi connectivity index (χ1) is 16.3. The number of aryl methyl sites for hydroxylation is 1. The van der Waals surface area contributed by atoms with Gasteiger partial charge in [-0.15, -0.1) is 0 Å². The average Bonchev–Trinajstić information content (AvgIpc) is 2.85. The minimum Gasteiger partial charge on any atom is -0.372 e. The highest BCUT2D eigenvalue weighted by atomic mass is 15.1. The van der Waals surface area contributed by atoms with Crippen molar-refractivity contribution < 1.29 is 4.57 Å². The molecule has 33 heavy (non-hydrogen) atoms. The Hall–Kier alpha value is -2.09. The van der Waals surface area contributed by atoms with Gasteiger partial charge in [0.2, 0.25) is 0 Å². The standard InChI is InChI=1S/C31H49N2/c1-4-7-10-13-24-32-27-22-30(23-28-32)17-16-29-18-20-31(21-19-29)33(25-14-11-8-5-2)26-15-12-9-6-3/h16-23,27-28H,4-15,24-26H2,1-3H3/q+1. The van der Waals surface area contributed by atoms with E-state index in [1.165, 1.54) is 107 Å². The summed E-state index contributed by atoms with van der Waals surface area (Å²) < 4.78 is 2.30. The van der Waals surface area contributed by atoms with Crippen molar-refractivity contribution in [3.05, 3.63) is 59.9 Å². The number of unbranched alkanes of at least 4 members (excludes halogenated alkanes) is 9. The van der Waals surface area contributed by atoms with Gasteiger partial charge in [0, 0.05) is 37.3 Å². The highest BCUT2D eigenvalue weighted by molar-refractivity contribution is 5.70. The van der Waals surface area contributed by atoms with Gasteiger partial charge in [-0.25, -0.2) is 4.57 Å². The third kappa shape index (κ3) is 11.6. The molecule has 0 radical (unpaired) electrons. The lowest BCUT2D eigenvalue weighted by atomic mass is 10.1. The van der Waals surface area contributed by atoms with E-state index in [9.17, 15) is 0 Å². The SMILES string of the molecule is CCCCCCN(CCCCCC)c1ccc(C=Cc2cc[n+](CCCCCC)cc2)cc1. The lowest BCUT2D eigenvalue weighted by molar-refractivity contribution is -0.697. The summed E-state index contributed by atoms with van der Waals surface area (Å²) in [5, 5.41) is 0. The molecule has 2 nitrogen and oxygen atoms in total. The van der Waals surface area contributed by atoms with Gasteiger partial charge < -0.3 is 4.90 Å². The van der Waals surface area contributed by atoms with Gasteiger partial charge in [-0.3, -0.25) is 0 Å². The third-order valence-electron chi connectivity index (χ3n) is 6.48. The number of pyridine rings is 1. The number of benzene rings is 1. The number of nitrogens with zero attached hydrogens (tertiary/aromatic N) is 2. The molecule has 0 spiro atoms. The normalized spacial score (nSPS) is 11.4. The molecule has 0 saturated carbocycles. The molecule has 0 atom stereocenters. The molecule has 0 aliphatic carbocycles. The van der Waals surface area contributed by atoms with E-state index in [0.717, 1.165) is 6.54 Å². The molecular weight excluding hydrogens is 400 g/mol. The molecule has 2 aromatic rings. The summed E-state index contributed by atoms with van der Waals surface area (Å²) in [5.74, 6) is 0. The Balaban J connectivity index is 1.90. The van der Waals surface area contributed by atoms with Crippen molar-refractivity contribution in [2.24, 2.45) is 0 Å². The summed E-state index contributed by atoms with van der Waals surface area (Å²) in [7, 11) is 0. The van der Waals surface area contributed by atoms with Crippen LogP contribution in [0.1, 0.15) is 109 Å². The Morgan fingerprint density at radius 3 is 1.58 bits per heavy atom. The zero-order chi connectivity index (χ0) is 23.6. The molecule has 2 heteroatoms. The van der Waals surface area contributed by atoms with Gasteiger partial charge in [0.15, 0.2) is 12.4 Å². The van der Waals surface area contributed by atoms with Crippen LogP contribution >= 0.6 is 0 Å². The molecule has 1 aromatic carbocycles. The number of aromatic nitrogens is 1. The van der Waals surface area contributed by atoms with E-state index in [1.54, 1.807) is 0 Å². The van der Waals surface area contributed by atoms with E-state index in [2.05, 4.69) is 91.2 Å². The molecule has 0 aliphatic heterocycles. The molecule has 1 aromatic heterocycles. The van der Waals surface area contributed by atoms with Crippen LogP contribution in [0.5, 0.6) is 0 Å². The number of hydrogen-bond acceptors (Lipinski definition) is 1. The highest BCUT2D eigenvalue weighted by Gasteiger charge is 2.06. The van der Waals surface area contributed by atoms with Crippen molar-refractivity contribution in [1.82, 2.24) is 0 Å². The van der Waals surface area contributed by atoms with Crippen molar-refractivity contribution in [3.8, 4) is 0 Å². The second-order valence-corrected chi connectivity index (χ2v) is 9.46. The molecule has 0 unspecified atom stereocenters. The minimum atomic E-state index is 1.12.